The van der Waals surface area contributed by atoms with E-state index < -0.39 is 0 Å². The summed E-state index contributed by atoms with van der Waals surface area (Å²) in [6.45, 7) is 10.6. The highest BCUT2D eigenvalue weighted by atomic mass is 127. The van der Waals surface area contributed by atoms with Crippen molar-refractivity contribution in [2.24, 2.45) is 10.9 Å². The van der Waals surface area contributed by atoms with Gasteiger partial charge in [0.2, 0.25) is 0 Å². The number of aryl methyl sites for hydroxylation is 1. The molecule has 0 saturated carbocycles. The number of hydrogen-bond acceptors (Lipinski definition) is 2. The highest BCUT2D eigenvalue weighted by molar-refractivity contribution is 14.0. The van der Waals surface area contributed by atoms with Crippen molar-refractivity contribution >= 4 is 29.9 Å². The minimum atomic E-state index is 0. The van der Waals surface area contributed by atoms with Crippen molar-refractivity contribution in [2.45, 2.75) is 40.0 Å². The molecule has 2 heterocycles. The summed E-state index contributed by atoms with van der Waals surface area (Å²) >= 11 is 0. The lowest BCUT2D eigenvalue weighted by Gasteiger charge is -2.33. The Bertz CT molecular complexity index is 475. The van der Waals surface area contributed by atoms with Gasteiger partial charge in [0.15, 0.2) is 5.96 Å². The Kier molecular flexibility index (Phi) is 8.75. The quantitative estimate of drug-likeness (QED) is 0.466. The summed E-state index contributed by atoms with van der Waals surface area (Å²) in [5.41, 5.74) is 2.60. The van der Waals surface area contributed by atoms with E-state index in [1.165, 1.54) is 24.0 Å². The van der Waals surface area contributed by atoms with E-state index in [9.17, 15) is 0 Å². The van der Waals surface area contributed by atoms with Crippen molar-refractivity contribution in [3.8, 4) is 0 Å². The van der Waals surface area contributed by atoms with Gasteiger partial charge in [-0.1, -0.05) is 6.92 Å². The Morgan fingerprint density at radius 2 is 2.32 bits per heavy atom. The average Bonchev–Trinajstić information content (AvgIpc) is 2.48. The SMILES string of the molecule is CCNC(=NCCc1ccncc1C)N1CCCC(C)C1.I. The van der Waals surface area contributed by atoms with Gasteiger partial charge in [0.1, 0.15) is 0 Å². The molecule has 0 aliphatic carbocycles. The lowest BCUT2D eigenvalue weighted by molar-refractivity contribution is 0.266. The summed E-state index contributed by atoms with van der Waals surface area (Å²) in [4.78, 5) is 11.4. The molecule has 1 aromatic heterocycles. The first-order chi connectivity index (χ1) is 10.2. The van der Waals surface area contributed by atoms with E-state index in [1.54, 1.807) is 0 Å². The maximum atomic E-state index is 4.82. The Morgan fingerprint density at radius 1 is 1.50 bits per heavy atom. The smallest absolute Gasteiger partial charge is 0.193 e. The van der Waals surface area contributed by atoms with Crippen LogP contribution in [0.15, 0.2) is 23.5 Å². The zero-order chi connectivity index (χ0) is 15.1. The second kappa shape index (κ2) is 10.0. The van der Waals surface area contributed by atoms with Crippen molar-refractivity contribution in [1.29, 1.82) is 0 Å². The molecular formula is C17H29IN4. The second-order valence-electron chi connectivity index (χ2n) is 5.98. The molecule has 0 bridgehead atoms. The predicted molar refractivity (Wildman–Crippen MR) is 104 cm³/mol. The fourth-order valence-corrected chi connectivity index (χ4v) is 2.87. The number of aliphatic imine (C=N–C) groups is 1. The first-order valence-corrected chi connectivity index (χ1v) is 8.13. The molecule has 1 aliphatic rings. The van der Waals surface area contributed by atoms with Gasteiger partial charge in [-0.15, -0.1) is 24.0 Å². The molecule has 0 radical (unpaired) electrons. The fraction of sp³-hybridized carbons (Fsp3) is 0.647. The first kappa shape index (κ1) is 19.2. The van der Waals surface area contributed by atoms with Gasteiger partial charge in [0, 0.05) is 38.6 Å². The van der Waals surface area contributed by atoms with E-state index in [4.69, 9.17) is 4.99 Å². The first-order valence-electron chi connectivity index (χ1n) is 8.13. The van der Waals surface area contributed by atoms with Crippen LogP contribution in [0.3, 0.4) is 0 Å². The maximum Gasteiger partial charge on any atom is 0.193 e. The van der Waals surface area contributed by atoms with Crippen molar-refractivity contribution < 1.29 is 0 Å². The lowest BCUT2D eigenvalue weighted by Crippen LogP contribution is -2.46. The Morgan fingerprint density at radius 3 is 3.00 bits per heavy atom. The van der Waals surface area contributed by atoms with Gasteiger partial charge in [-0.25, -0.2) is 0 Å². The molecule has 1 N–H and O–H groups in total. The highest BCUT2D eigenvalue weighted by Crippen LogP contribution is 2.15. The molecule has 0 amide bonds. The van der Waals surface area contributed by atoms with Gasteiger partial charge in [-0.3, -0.25) is 9.98 Å². The standard InChI is InChI=1S/C17H28N4.HI/c1-4-19-17(21-11-5-6-14(2)13-21)20-10-8-16-7-9-18-12-15(16)3;/h7,9,12,14H,4-6,8,10-11,13H2,1-3H3,(H,19,20);1H. The molecule has 1 unspecified atom stereocenters. The number of halogens is 1. The largest absolute Gasteiger partial charge is 0.357 e. The number of likely N-dealkylation sites (tertiary alicyclic amines) is 1. The molecule has 1 aliphatic heterocycles. The molecule has 22 heavy (non-hydrogen) atoms. The van der Waals surface area contributed by atoms with Crippen LogP contribution in [0.4, 0.5) is 0 Å². The van der Waals surface area contributed by atoms with E-state index in [0.717, 1.165) is 44.5 Å². The van der Waals surface area contributed by atoms with Crippen molar-refractivity contribution in [2.75, 3.05) is 26.2 Å². The third kappa shape index (κ3) is 5.74. The van der Waals surface area contributed by atoms with Crippen molar-refractivity contribution in [3.63, 3.8) is 0 Å². The average molecular weight is 416 g/mol. The second-order valence-corrected chi connectivity index (χ2v) is 5.98. The molecule has 2 rings (SSSR count). The molecule has 1 fully saturated rings. The van der Waals surface area contributed by atoms with E-state index >= 15 is 0 Å². The number of nitrogens with zero attached hydrogens (tertiary/aromatic N) is 3. The van der Waals surface area contributed by atoms with Crippen LogP contribution < -0.4 is 5.32 Å². The number of aromatic nitrogens is 1. The zero-order valence-electron chi connectivity index (χ0n) is 14.0. The van der Waals surface area contributed by atoms with Gasteiger partial charge >= 0.3 is 0 Å². The van der Waals surface area contributed by atoms with Crippen LogP contribution in [0.5, 0.6) is 0 Å². The summed E-state index contributed by atoms with van der Waals surface area (Å²) in [7, 11) is 0. The van der Waals surface area contributed by atoms with Crippen LogP contribution in [-0.4, -0.2) is 42.0 Å². The predicted octanol–water partition coefficient (Wildman–Crippen LogP) is 3.25. The van der Waals surface area contributed by atoms with Crippen LogP contribution in [0, 0.1) is 12.8 Å². The van der Waals surface area contributed by atoms with Crippen LogP contribution >= 0.6 is 24.0 Å². The molecule has 1 aromatic rings. The van der Waals surface area contributed by atoms with Crippen molar-refractivity contribution in [1.82, 2.24) is 15.2 Å². The summed E-state index contributed by atoms with van der Waals surface area (Å²) in [6.07, 6.45) is 7.38. The number of guanidine groups is 1. The van der Waals surface area contributed by atoms with Crippen molar-refractivity contribution in [3.05, 3.63) is 29.6 Å². The molecule has 4 nitrogen and oxygen atoms in total. The molecule has 5 heteroatoms. The van der Waals surface area contributed by atoms with Crippen LogP contribution in [0.1, 0.15) is 37.8 Å². The van der Waals surface area contributed by atoms with Gasteiger partial charge in [-0.05, 0) is 56.2 Å². The number of rotatable bonds is 4. The summed E-state index contributed by atoms with van der Waals surface area (Å²) in [5, 5.41) is 3.44. The Balaban J connectivity index is 0.00000242. The number of pyridine rings is 1. The minimum Gasteiger partial charge on any atom is -0.357 e. The third-order valence-corrected chi connectivity index (χ3v) is 4.07. The van der Waals surface area contributed by atoms with Crippen LogP contribution in [0.2, 0.25) is 0 Å². The van der Waals surface area contributed by atoms with Crippen LogP contribution in [-0.2, 0) is 6.42 Å². The zero-order valence-corrected chi connectivity index (χ0v) is 16.3. The summed E-state index contributed by atoms with van der Waals surface area (Å²) < 4.78 is 0. The Hall–Kier alpha value is -0.850. The van der Waals surface area contributed by atoms with E-state index in [-0.39, 0.29) is 24.0 Å². The number of piperidine rings is 1. The topological polar surface area (TPSA) is 40.5 Å². The lowest BCUT2D eigenvalue weighted by atomic mass is 10.0. The molecule has 0 aromatic carbocycles. The minimum absolute atomic E-state index is 0. The molecule has 1 saturated heterocycles. The number of hydrogen-bond donors (Lipinski definition) is 1. The van der Waals surface area contributed by atoms with Gasteiger partial charge in [0.25, 0.3) is 0 Å². The number of nitrogens with one attached hydrogen (secondary N) is 1. The molecule has 124 valence electrons. The fourth-order valence-electron chi connectivity index (χ4n) is 2.87. The molecular weight excluding hydrogens is 387 g/mol. The van der Waals surface area contributed by atoms with E-state index in [1.807, 2.05) is 12.4 Å². The molecule has 1 atom stereocenters. The molecule has 0 spiro atoms. The third-order valence-electron chi connectivity index (χ3n) is 4.07. The Labute approximate surface area is 151 Å². The summed E-state index contributed by atoms with van der Waals surface area (Å²) in [5.74, 6) is 1.85. The summed E-state index contributed by atoms with van der Waals surface area (Å²) in [6, 6.07) is 2.10. The van der Waals surface area contributed by atoms with Gasteiger partial charge in [0.05, 0.1) is 0 Å². The highest BCUT2D eigenvalue weighted by Gasteiger charge is 2.18. The maximum absolute atomic E-state index is 4.82. The van der Waals surface area contributed by atoms with Crippen LogP contribution in [0.25, 0.3) is 0 Å². The monoisotopic (exact) mass is 416 g/mol. The van der Waals surface area contributed by atoms with Gasteiger partial charge < -0.3 is 10.2 Å². The van der Waals surface area contributed by atoms with E-state index in [0.29, 0.717) is 0 Å². The van der Waals surface area contributed by atoms with Gasteiger partial charge in [-0.2, -0.15) is 0 Å². The van der Waals surface area contributed by atoms with E-state index in [2.05, 4.69) is 42.0 Å². The normalized spacial score (nSPS) is 18.8.